The lowest BCUT2D eigenvalue weighted by molar-refractivity contribution is -0.124. The van der Waals surface area contributed by atoms with Crippen molar-refractivity contribution < 1.29 is 23.7 Å². The third-order valence-electron chi connectivity index (χ3n) is 5.42. The Labute approximate surface area is 189 Å². The smallest absolute Gasteiger partial charge is 0.258 e. The largest absolute Gasteiger partial charge is 0.493 e. The van der Waals surface area contributed by atoms with Crippen LogP contribution in [0.3, 0.4) is 0 Å². The van der Waals surface area contributed by atoms with Crippen molar-refractivity contribution in [2.75, 3.05) is 34.5 Å². The van der Waals surface area contributed by atoms with Gasteiger partial charge in [0.1, 0.15) is 5.75 Å². The Morgan fingerprint density at radius 1 is 1.00 bits per heavy atom. The molecular formula is C25H32N2O5. The number of fused-ring (bicyclic) bond motifs is 1. The molecule has 0 saturated carbocycles. The van der Waals surface area contributed by atoms with Crippen LogP contribution in [0.1, 0.15) is 25.5 Å². The van der Waals surface area contributed by atoms with E-state index in [1.807, 2.05) is 48.7 Å². The van der Waals surface area contributed by atoms with Crippen molar-refractivity contribution in [1.29, 1.82) is 0 Å². The number of benzene rings is 2. The second-order valence-electron chi connectivity index (χ2n) is 7.88. The van der Waals surface area contributed by atoms with Crippen molar-refractivity contribution in [2.24, 2.45) is 5.92 Å². The molecule has 1 heterocycles. The van der Waals surface area contributed by atoms with E-state index >= 15 is 0 Å². The Balaban J connectivity index is 1.70. The topological polar surface area (TPSA) is 71.0 Å². The Morgan fingerprint density at radius 2 is 1.78 bits per heavy atom. The summed E-state index contributed by atoms with van der Waals surface area (Å²) in [5.41, 5.74) is 1.99. The van der Waals surface area contributed by atoms with Crippen molar-refractivity contribution in [3.63, 3.8) is 0 Å². The van der Waals surface area contributed by atoms with Gasteiger partial charge in [-0.25, -0.2) is 0 Å². The van der Waals surface area contributed by atoms with Crippen LogP contribution in [0, 0.1) is 5.92 Å². The van der Waals surface area contributed by atoms with Crippen molar-refractivity contribution >= 4 is 16.8 Å². The van der Waals surface area contributed by atoms with Gasteiger partial charge in [-0.05, 0) is 41.8 Å². The molecule has 7 nitrogen and oxygen atoms in total. The van der Waals surface area contributed by atoms with Gasteiger partial charge < -0.3 is 28.8 Å². The molecular weight excluding hydrogens is 408 g/mol. The third kappa shape index (κ3) is 5.34. The zero-order chi connectivity index (χ0) is 23.1. The zero-order valence-electron chi connectivity index (χ0n) is 19.4. The minimum atomic E-state index is -0.186. The number of hydrogen-bond donors (Lipinski definition) is 1. The Hall–Kier alpha value is -3.19. The van der Waals surface area contributed by atoms with Crippen LogP contribution < -0.4 is 19.5 Å². The van der Waals surface area contributed by atoms with Crippen molar-refractivity contribution in [3.05, 3.63) is 54.2 Å². The molecule has 1 aromatic heterocycles. The average molecular weight is 441 g/mol. The Bertz CT molecular complexity index is 1040. The summed E-state index contributed by atoms with van der Waals surface area (Å²) in [5, 5.41) is 4.06. The second kappa shape index (κ2) is 10.9. The van der Waals surface area contributed by atoms with E-state index in [4.69, 9.17) is 18.9 Å². The second-order valence-corrected chi connectivity index (χ2v) is 7.88. The van der Waals surface area contributed by atoms with Crippen LogP contribution in [-0.4, -0.2) is 45.0 Å². The maximum atomic E-state index is 12.8. The standard InChI is InChI=1S/C25H32N2O5/c1-17(2)25(18-9-10-22(30-4)23(15-18)31-5)26-24(28)16-32-21-8-6-7-20-19(21)11-12-27(20)13-14-29-3/h6-12,15,17,25H,13-14,16H2,1-5H3,(H,26,28). The molecule has 0 aliphatic heterocycles. The van der Waals surface area contributed by atoms with Crippen LogP contribution in [0.4, 0.5) is 0 Å². The molecule has 1 N–H and O–H groups in total. The maximum Gasteiger partial charge on any atom is 0.258 e. The number of nitrogens with one attached hydrogen (secondary N) is 1. The number of ether oxygens (including phenoxy) is 4. The highest BCUT2D eigenvalue weighted by Crippen LogP contribution is 2.32. The van der Waals surface area contributed by atoms with Gasteiger partial charge in [-0.2, -0.15) is 0 Å². The Kier molecular flexibility index (Phi) is 8.00. The molecule has 0 bridgehead atoms. The summed E-state index contributed by atoms with van der Waals surface area (Å²) >= 11 is 0. The van der Waals surface area contributed by atoms with Crippen LogP contribution >= 0.6 is 0 Å². The van der Waals surface area contributed by atoms with E-state index in [-0.39, 0.29) is 24.5 Å². The molecule has 0 fully saturated rings. The van der Waals surface area contributed by atoms with Gasteiger partial charge >= 0.3 is 0 Å². The molecule has 2 aromatic carbocycles. The van der Waals surface area contributed by atoms with Gasteiger partial charge in [0.2, 0.25) is 0 Å². The molecule has 0 spiro atoms. The summed E-state index contributed by atoms with van der Waals surface area (Å²) in [7, 11) is 4.88. The number of aromatic nitrogens is 1. The first-order valence-corrected chi connectivity index (χ1v) is 10.7. The first-order valence-electron chi connectivity index (χ1n) is 10.7. The van der Waals surface area contributed by atoms with Gasteiger partial charge in [-0.15, -0.1) is 0 Å². The fourth-order valence-corrected chi connectivity index (χ4v) is 3.75. The van der Waals surface area contributed by atoms with E-state index in [2.05, 4.69) is 23.7 Å². The van der Waals surface area contributed by atoms with Crippen molar-refractivity contribution in [2.45, 2.75) is 26.4 Å². The molecule has 3 rings (SSSR count). The highest BCUT2D eigenvalue weighted by molar-refractivity contribution is 5.87. The molecule has 7 heteroatoms. The van der Waals surface area contributed by atoms with Crippen LogP contribution in [-0.2, 0) is 16.1 Å². The molecule has 32 heavy (non-hydrogen) atoms. The molecule has 1 atom stereocenters. The summed E-state index contributed by atoms with van der Waals surface area (Å²) in [6.07, 6.45) is 2.00. The average Bonchev–Trinajstić information content (AvgIpc) is 3.22. The molecule has 0 aliphatic carbocycles. The van der Waals surface area contributed by atoms with Crippen molar-refractivity contribution in [3.8, 4) is 17.2 Å². The Morgan fingerprint density at radius 3 is 2.47 bits per heavy atom. The normalized spacial score (nSPS) is 12.1. The van der Waals surface area contributed by atoms with E-state index < -0.39 is 0 Å². The first-order chi connectivity index (χ1) is 15.5. The minimum absolute atomic E-state index is 0.0706. The van der Waals surface area contributed by atoms with Crippen LogP contribution in [0.25, 0.3) is 10.9 Å². The predicted molar refractivity (Wildman–Crippen MR) is 125 cm³/mol. The van der Waals surface area contributed by atoms with Crippen LogP contribution in [0.15, 0.2) is 48.7 Å². The van der Waals surface area contributed by atoms with E-state index in [9.17, 15) is 4.79 Å². The predicted octanol–water partition coefficient (Wildman–Crippen LogP) is 4.20. The lowest BCUT2D eigenvalue weighted by atomic mass is 9.95. The minimum Gasteiger partial charge on any atom is -0.493 e. The lowest BCUT2D eigenvalue weighted by Crippen LogP contribution is -2.35. The number of nitrogens with zero attached hydrogens (tertiary/aromatic N) is 1. The summed E-state index contributed by atoms with van der Waals surface area (Å²) in [4.78, 5) is 12.8. The fourth-order valence-electron chi connectivity index (χ4n) is 3.75. The third-order valence-corrected chi connectivity index (χ3v) is 5.42. The first kappa shape index (κ1) is 23.5. The highest BCUT2D eigenvalue weighted by Gasteiger charge is 2.20. The van der Waals surface area contributed by atoms with Crippen LogP contribution in [0.5, 0.6) is 17.2 Å². The molecule has 172 valence electrons. The summed E-state index contributed by atoms with van der Waals surface area (Å²) in [6, 6.07) is 13.3. The van der Waals surface area contributed by atoms with E-state index in [1.54, 1.807) is 21.3 Å². The van der Waals surface area contributed by atoms with Gasteiger partial charge in [0.15, 0.2) is 18.1 Å². The number of methoxy groups -OCH3 is 3. The van der Waals surface area contributed by atoms with Gasteiger partial charge in [-0.3, -0.25) is 4.79 Å². The number of carbonyl (C=O) groups is 1. The van der Waals surface area contributed by atoms with Crippen molar-refractivity contribution in [1.82, 2.24) is 9.88 Å². The molecule has 0 radical (unpaired) electrons. The quantitative estimate of drug-likeness (QED) is 0.484. The van der Waals surface area contributed by atoms with E-state index in [0.717, 1.165) is 23.0 Å². The summed E-state index contributed by atoms with van der Waals surface area (Å²) < 4.78 is 23.9. The molecule has 1 amide bonds. The summed E-state index contributed by atoms with van der Waals surface area (Å²) in [5.74, 6) is 1.95. The molecule has 3 aromatic rings. The lowest BCUT2D eigenvalue weighted by Gasteiger charge is -2.24. The van der Waals surface area contributed by atoms with Gasteiger partial charge in [0.05, 0.1) is 32.4 Å². The maximum absolute atomic E-state index is 12.8. The highest BCUT2D eigenvalue weighted by atomic mass is 16.5. The van der Waals surface area contributed by atoms with Crippen LogP contribution in [0.2, 0.25) is 0 Å². The fraction of sp³-hybridized carbons (Fsp3) is 0.400. The molecule has 0 aliphatic rings. The zero-order valence-corrected chi connectivity index (χ0v) is 19.4. The number of amides is 1. The van der Waals surface area contributed by atoms with Gasteiger partial charge in [0, 0.05) is 25.2 Å². The van der Waals surface area contributed by atoms with Gasteiger partial charge in [-0.1, -0.05) is 26.0 Å². The monoisotopic (exact) mass is 440 g/mol. The number of hydrogen-bond acceptors (Lipinski definition) is 5. The van der Waals surface area contributed by atoms with E-state index in [0.29, 0.717) is 23.9 Å². The SMILES string of the molecule is COCCn1ccc2c(OCC(=O)NC(c3ccc(OC)c(OC)c3)C(C)C)cccc21. The van der Waals surface area contributed by atoms with E-state index in [1.165, 1.54) is 0 Å². The summed E-state index contributed by atoms with van der Waals surface area (Å²) in [6.45, 7) is 5.44. The molecule has 1 unspecified atom stereocenters. The molecule has 0 saturated heterocycles. The van der Waals surface area contributed by atoms with Gasteiger partial charge in [0.25, 0.3) is 5.91 Å². The number of rotatable bonds is 11. The number of carbonyl (C=O) groups excluding carboxylic acids is 1.